The Labute approximate surface area is 172 Å². The molecule has 0 atom stereocenters. The van der Waals surface area contributed by atoms with Crippen molar-refractivity contribution in [3.05, 3.63) is 70.8 Å². The normalized spacial score (nSPS) is 13.0. The van der Waals surface area contributed by atoms with E-state index < -0.39 is 0 Å². The summed E-state index contributed by atoms with van der Waals surface area (Å²) in [5.41, 5.74) is 9.06. The number of urea groups is 1. The lowest BCUT2D eigenvalue weighted by Crippen LogP contribution is -2.42. The van der Waals surface area contributed by atoms with Crippen molar-refractivity contribution in [1.29, 1.82) is 0 Å². The molecule has 1 aromatic heterocycles. The van der Waals surface area contributed by atoms with Gasteiger partial charge in [-0.25, -0.2) is 14.2 Å². The highest BCUT2D eigenvalue weighted by atomic mass is 19.1. The van der Waals surface area contributed by atoms with Crippen molar-refractivity contribution in [3.63, 3.8) is 0 Å². The van der Waals surface area contributed by atoms with Crippen molar-refractivity contribution in [2.75, 3.05) is 6.54 Å². The van der Waals surface area contributed by atoms with Gasteiger partial charge in [0, 0.05) is 18.7 Å². The van der Waals surface area contributed by atoms with Gasteiger partial charge in [-0.2, -0.15) is 5.10 Å². The molecule has 3 amide bonds. The molecule has 0 radical (unpaired) electrons. The van der Waals surface area contributed by atoms with Gasteiger partial charge < -0.3 is 16.0 Å². The Hall–Kier alpha value is -3.75. The second-order valence-corrected chi connectivity index (χ2v) is 7.14. The molecule has 1 aliphatic rings. The van der Waals surface area contributed by atoms with Crippen LogP contribution in [0.15, 0.2) is 42.5 Å². The topological polar surface area (TPSA) is 117 Å². The zero-order valence-corrected chi connectivity index (χ0v) is 16.2. The number of carbonyl (C=O) groups excluding carboxylic acids is 2. The number of halogens is 1. The van der Waals surface area contributed by atoms with Gasteiger partial charge in [0.2, 0.25) is 5.91 Å². The molecule has 0 fully saturated rings. The molecule has 9 heteroatoms. The smallest absolute Gasteiger partial charge is 0.318 e. The monoisotopic (exact) mass is 408 g/mol. The number of hydrogen-bond acceptors (Lipinski definition) is 4. The molecule has 0 saturated heterocycles. The Morgan fingerprint density at radius 1 is 1.20 bits per heavy atom. The van der Waals surface area contributed by atoms with Gasteiger partial charge in [0.1, 0.15) is 11.6 Å². The molecule has 2 aromatic carbocycles. The molecular formula is C21H21FN6O2. The zero-order chi connectivity index (χ0) is 21.1. The van der Waals surface area contributed by atoms with Crippen molar-refractivity contribution in [2.24, 2.45) is 5.73 Å². The minimum atomic E-state index is -0.365. The molecule has 8 nitrogen and oxygen atoms in total. The number of amides is 3. The van der Waals surface area contributed by atoms with Crippen LogP contribution in [0.25, 0.3) is 11.4 Å². The molecule has 0 aliphatic carbocycles. The van der Waals surface area contributed by atoms with Crippen LogP contribution in [-0.4, -0.2) is 38.6 Å². The Morgan fingerprint density at radius 2 is 2.00 bits per heavy atom. The van der Waals surface area contributed by atoms with E-state index in [1.54, 1.807) is 17.0 Å². The molecule has 1 aliphatic heterocycles. The number of primary amides is 1. The lowest BCUT2D eigenvalue weighted by molar-refractivity contribution is -0.117. The maximum Gasteiger partial charge on any atom is 0.318 e. The third kappa shape index (κ3) is 4.29. The number of nitrogens with zero attached hydrogens (tertiary/aromatic N) is 3. The summed E-state index contributed by atoms with van der Waals surface area (Å²) >= 11 is 0. The van der Waals surface area contributed by atoms with Crippen molar-refractivity contribution in [1.82, 2.24) is 25.4 Å². The minimum Gasteiger partial charge on any atom is -0.369 e. The summed E-state index contributed by atoms with van der Waals surface area (Å²) in [4.78, 5) is 29.9. The number of hydrogen-bond donors (Lipinski definition) is 3. The summed E-state index contributed by atoms with van der Waals surface area (Å²) in [5, 5.41) is 9.73. The molecular weight excluding hydrogens is 387 g/mol. The molecule has 0 unspecified atom stereocenters. The SMILES string of the molecule is NC(=O)Cc1cccc2c1CCN(C(=O)NCc1nc(-c3ccc(F)cc3)n[nH]1)C2. The summed E-state index contributed by atoms with van der Waals surface area (Å²) in [5.74, 6) is 0.249. The molecule has 0 bridgehead atoms. The van der Waals surface area contributed by atoms with E-state index >= 15 is 0 Å². The highest BCUT2D eigenvalue weighted by Crippen LogP contribution is 2.23. The number of H-pyrrole nitrogens is 1. The number of rotatable bonds is 5. The Bertz CT molecular complexity index is 1080. The van der Waals surface area contributed by atoms with E-state index in [2.05, 4.69) is 20.5 Å². The number of nitrogens with one attached hydrogen (secondary N) is 2. The van der Waals surface area contributed by atoms with Crippen molar-refractivity contribution in [2.45, 2.75) is 25.9 Å². The molecule has 3 aromatic rings. The van der Waals surface area contributed by atoms with E-state index in [1.807, 2.05) is 18.2 Å². The number of benzene rings is 2. The van der Waals surface area contributed by atoms with Gasteiger partial charge in [-0.05, 0) is 47.4 Å². The largest absolute Gasteiger partial charge is 0.369 e. The number of nitrogens with two attached hydrogens (primary N) is 1. The third-order valence-electron chi connectivity index (χ3n) is 5.06. The number of aromatic nitrogens is 3. The fourth-order valence-corrected chi connectivity index (χ4v) is 3.59. The first-order valence-electron chi connectivity index (χ1n) is 9.57. The van der Waals surface area contributed by atoms with Crippen LogP contribution in [0.4, 0.5) is 9.18 Å². The lowest BCUT2D eigenvalue weighted by atomic mass is 9.93. The van der Waals surface area contributed by atoms with Crippen LogP contribution in [0, 0.1) is 5.82 Å². The average Bonchev–Trinajstić information content (AvgIpc) is 3.21. The first kappa shape index (κ1) is 19.6. The maximum absolute atomic E-state index is 13.0. The molecule has 154 valence electrons. The summed E-state index contributed by atoms with van der Waals surface area (Å²) in [6, 6.07) is 11.4. The molecule has 30 heavy (non-hydrogen) atoms. The van der Waals surface area contributed by atoms with E-state index in [-0.39, 0.29) is 30.7 Å². The van der Waals surface area contributed by atoms with E-state index in [4.69, 9.17) is 5.73 Å². The van der Waals surface area contributed by atoms with Gasteiger partial charge in [0.15, 0.2) is 5.82 Å². The first-order chi connectivity index (χ1) is 14.5. The molecule has 4 rings (SSSR count). The van der Waals surface area contributed by atoms with E-state index in [0.29, 0.717) is 36.7 Å². The quantitative estimate of drug-likeness (QED) is 0.598. The van der Waals surface area contributed by atoms with Crippen molar-refractivity contribution < 1.29 is 14.0 Å². The highest BCUT2D eigenvalue weighted by Gasteiger charge is 2.23. The predicted octanol–water partition coefficient (Wildman–Crippen LogP) is 1.91. The van der Waals surface area contributed by atoms with Crippen LogP contribution in [0.1, 0.15) is 22.5 Å². The summed E-state index contributed by atoms with van der Waals surface area (Å²) in [6.45, 7) is 1.20. The van der Waals surface area contributed by atoms with Crippen molar-refractivity contribution in [3.8, 4) is 11.4 Å². The minimum absolute atomic E-state index is 0.193. The predicted molar refractivity (Wildman–Crippen MR) is 107 cm³/mol. The van der Waals surface area contributed by atoms with Crippen LogP contribution in [0.5, 0.6) is 0 Å². The maximum atomic E-state index is 13.0. The third-order valence-corrected chi connectivity index (χ3v) is 5.06. The summed E-state index contributed by atoms with van der Waals surface area (Å²) < 4.78 is 13.0. The van der Waals surface area contributed by atoms with Crippen LogP contribution in [-0.2, 0) is 30.7 Å². The fraction of sp³-hybridized carbons (Fsp3) is 0.238. The summed E-state index contributed by atoms with van der Waals surface area (Å²) in [7, 11) is 0. The molecule has 0 saturated carbocycles. The van der Waals surface area contributed by atoms with Crippen LogP contribution < -0.4 is 11.1 Å². The van der Waals surface area contributed by atoms with E-state index in [0.717, 1.165) is 16.7 Å². The Balaban J connectivity index is 1.36. The lowest BCUT2D eigenvalue weighted by Gasteiger charge is -2.30. The van der Waals surface area contributed by atoms with Gasteiger partial charge in [-0.15, -0.1) is 0 Å². The van der Waals surface area contributed by atoms with Gasteiger partial charge in [0.05, 0.1) is 13.0 Å². The zero-order valence-electron chi connectivity index (χ0n) is 16.2. The van der Waals surface area contributed by atoms with Gasteiger partial charge in [-0.1, -0.05) is 18.2 Å². The van der Waals surface area contributed by atoms with Crippen LogP contribution >= 0.6 is 0 Å². The summed E-state index contributed by atoms with van der Waals surface area (Å²) in [6.07, 6.45) is 0.875. The first-order valence-corrected chi connectivity index (χ1v) is 9.57. The Morgan fingerprint density at radius 3 is 2.77 bits per heavy atom. The molecule has 2 heterocycles. The number of aromatic amines is 1. The number of fused-ring (bicyclic) bond motifs is 1. The standard InChI is InChI=1S/C21H21FN6O2/c22-16-6-4-13(5-7-16)20-25-19(26-27-20)11-24-21(30)28-9-8-17-14(10-18(23)29)2-1-3-15(17)12-28/h1-7H,8-12H2,(H2,23,29)(H,24,30)(H,25,26,27). The highest BCUT2D eigenvalue weighted by molar-refractivity contribution is 5.77. The second kappa shape index (κ2) is 8.32. The van der Waals surface area contributed by atoms with Crippen LogP contribution in [0.2, 0.25) is 0 Å². The van der Waals surface area contributed by atoms with Crippen molar-refractivity contribution >= 4 is 11.9 Å². The van der Waals surface area contributed by atoms with Crippen LogP contribution in [0.3, 0.4) is 0 Å². The fourth-order valence-electron chi connectivity index (χ4n) is 3.59. The van der Waals surface area contributed by atoms with Gasteiger partial charge in [0.25, 0.3) is 0 Å². The average molecular weight is 408 g/mol. The van der Waals surface area contributed by atoms with Gasteiger partial charge >= 0.3 is 6.03 Å². The molecule has 0 spiro atoms. The Kier molecular flexibility index (Phi) is 5.42. The second-order valence-electron chi connectivity index (χ2n) is 7.14. The van der Waals surface area contributed by atoms with E-state index in [9.17, 15) is 14.0 Å². The molecule has 4 N–H and O–H groups in total. The van der Waals surface area contributed by atoms with E-state index in [1.165, 1.54) is 12.1 Å². The van der Waals surface area contributed by atoms with Gasteiger partial charge in [-0.3, -0.25) is 9.89 Å². The number of carbonyl (C=O) groups is 2.